The van der Waals surface area contributed by atoms with Gasteiger partial charge >= 0.3 is 0 Å². The highest BCUT2D eigenvalue weighted by molar-refractivity contribution is 5.72. The van der Waals surface area contributed by atoms with Gasteiger partial charge in [0, 0.05) is 0 Å². The number of hydrogen-bond donors (Lipinski definition) is 3. The van der Waals surface area contributed by atoms with E-state index in [0.717, 1.165) is 11.3 Å². The van der Waals surface area contributed by atoms with Crippen LogP contribution in [0.25, 0.3) is 0 Å². The van der Waals surface area contributed by atoms with Crippen LogP contribution in [0.2, 0.25) is 0 Å². The summed E-state index contributed by atoms with van der Waals surface area (Å²) in [5.74, 6) is 7.43. The van der Waals surface area contributed by atoms with Crippen molar-refractivity contribution in [1.82, 2.24) is 9.97 Å². The number of ether oxygens (including phenoxy) is 2. The molecule has 0 radical (unpaired) electrons. The van der Waals surface area contributed by atoms with Crippen molar-refractivity contribution in [2.24, 2.45) is 5.84 Å². The lowest BCUT2D eigenvalue weighted by Gasteiger charge is -2.15. The molecule has 7 nitrogen and oxygen atoms in total. The van der Waals surface area contributed by atoms with Crippen molar-refractivity contribution in [1.29, 1.82) is 0 Å². The molecule has 20 heavy (non-hydrogen) atoms. The minimum absolute atomic E-state index is 0.400. The first-order valence-corrected chi connectivity index (χ1v) is 5.97. The van der Waals surface area contributed by atoms with Crippen LogP contribution in [0, 0.1) is 6.92 Å². The Balaban J connectivity index is 2.42. The van der Waals surface area contributed by atoms with E-state index in [9.17, 15) is 0 Å². The van der Waals surface area contributed by atoms with Crippen LogP contribution >= 0.6 is 0 Å². The Hall–Kier alpha value is -2.54. The fourth-order valence-corrected chi connectivity index (χ4v) is 1.81. The zero-order valence-corrected chi connectivity index (χ0v) is 11.6. The van der Waals surface area contributed by atoms with E-state index in [-0.39, 0.29) is 0 Å². The molecule has 0 fully saturated rings. The Kier molecular flexibility index (Phi) is 4.21. The molecule has 2 aromatic rings. The zero-order valence-electron chi connectivity index (χ0n) is 11.6. The number of rotatable bonds is 5. The van der Waals surface area contributed by atoms with Gasteiger partial charge in [-0.1, -0.05) is 6.07 Å². The molecule has 1 heterocycles. The first-order chi connectivity index (χ1) is 9.69. The number of nitrogen functional groups attached to an aromatic ring is 1. The number of hydrazine groups is 1. The summed E-state index contributed by atoms with van der Waals surface area (Å²) in [6.45, 7) is 1.99. The molecule has 0 aliphatic carbocycles. The SMILES string of the molecule is COc1ccc(C)cc1Nc1ncnc(NN)c1OC. The summed E-state index contributed by atoms with van der Waals surface area (Å²) < 4.78 is 10.6. The van der Waals surface area contributed by atoms with Crippen molar-refractivity contribution in [3.63, 3.8) is 0 Å². The average Bonchev–Trinajstić information content (AvgIpc) is 2.47. The van der Waals surface area contributed by atoms with Crippen molar-refractivity contribution in [3.05, 3.63) is 30.1 Å². The smallest absolute Gasteiger partial charge is 0.205 e. The van der Waals surface area contributed by atoms with Gasteiger partial charge in [-0.15, -0.1) is 0 Å². The van der Waals surface area contributed by atoms with E-state index in [1.165, 1.54) is 13.4 Å². The van der Waals surface area contributed by atoms with E-state index in [0.29, 0.717) is 23.1 Å². The largest absolute Gasteiger partial charge is 0.495 e. The lowest BCUT2D eigenvalue weighted by Crippen LogP contribution is -2.11. The van der Waals surface area contributed by atoms with E-state index in [1.54, 1.807) is 7.11 Å². The number of methoxy groups -OCH3 is 2. The van der Waals surface area contributed by atoms with Gasteiger partial charge in [-0.05, 0) is 24.6 Å². The molecule has 0 aliphatic heterocycles. The summed E-state index contributed by atoms with van der Waals surface area (Å²) >= 11 is 0. The van der Waals surface area contributed by atoms with Crippen molar-refractivity contribution in [2.75, 3.05) is 25.0 Å². The molecule has 0 unspecified atom stereocenters. The third-order valence-corrected chi connectivity index (χ3v) is 2.75. The molecular formula is C13H17N5O2. The summed E-state index contributed by atoms with van der Waals surface area (Å²) in [7, 11) is 3.14. The van der Waals surface area contributed by atoms with Crippen LogP contribution in [0.15, 0.2) is 24.5 Å². The third kappa shape index (κ3) is 2.72. The number of aromatic nitrogens is 2. The predicted molar refractivity (Wildman–Crippen MR) is 77.4 cm³/mol. The molecule has 0 bridgehead atoms. The Morgan fingerprint density at radius 2 is 1.85 bits per heavy atom. The molecule has 0 aliphatic rings. The molecule has 2 rings (SSSR count). The molecule has 0 atom stereocenters. The number of hydrogen-bond acceptors (Lipinski definition) is 7. The molecular weight excluding hydrogens is 258 g/mol. The Labute approximate surface area is 117 Å². The van der Waals surface area contributed by atoms with Crippen molar-refractivity contribution < 1.29 is 9.47 Å². The third-order valence-electron chi connectivity index (χ3n) is 2.75. The normalized spacial score (nSPS) is 10.0. The van der Waals surface area contributed by atoms with Gasteiger partial charge in [0.2, 0.25) is 5.75 Å². The summed E-state index contributed by atoms with van der Waals surface area (Å²) in [6, 6.07) is 5.80. The topological polar surface area (TPSA) is 94.3 Å². The van der Waals surface area contributed by atoms with Crippen LogP contribution in [0.5, 0.6) is 11.5 Å². The van der Waals surface area contributed by atoms with Crippen molar-refractivity contribution >= 4 is 17.3 Å². The van der Waals surface area contributed by atoms with Crippen molar-refractivity contribution in [3.8, 4) is 11.5 Å². The second-order valence-corrected chi connectivity index (χ2v) is 4.08. The second kappa shape index (κ2) is 6.07. The first kappa shape index (κ1) is 13.9. The predicted octanol–water partition coefficient (Wildman–Crippen LogP) is 1.83. The van der Waals surface area contributed by atoms with Crippen LogP contribution in [0.4, 0.5) is 17.3 Å². The monoisotopic (exact) mass is 275 g/mol. The molecule has 1 aromatic carbocycles. The maximum Gasteiger partial charge on any atom is 0.205 e. The second-order valence-electron chi connectivity index (χ2n) is 4.08. The minimum Gasteiger partial charge on any atom is -0.495 e. The first-order valence-electron chi connectivity index (χ1n) is 5.97. The van der Waals surface area contributed by atoms with Gasteiger partial charge in [-0.3, -0.25) is 0 Å². The lowest BCUT2D eigenvalue weighted by molar-refractivity contribution is 0.413. The minimum atomic E-state index is 0.400. The van der Waals surface area contributed by atoms with Crippen LogP contribution < -0.4 is 26.1 Å². The maximum absolute atomic E-state index is 5.40. The van der Waals surface area contributed by atoms with Gasteiger partial charge in [-0.25, -0.2) is 15.8 Å². The van der Waals surface area contributed by atoms with Crippen LogP contribution in [0.1, 0.15) is 5.56 Å². The number of nitrogens with two attached hydrogens (primary N) is 1. The number of nitrogens with zero attached hydrogens (tertiary/aromatic N) is 2. The summed E-state index contributed by atoms with van der Waals surface area (Å²) in [6.07, 6.45) is 1.39. The fraction of sp³-hybridized carbons (Fsp3) is 0.231. The molecule has 7 heteroatoms. The van der Waals surface area contributed by atoms with E-state index < -0.39 is 0 Å². The van der Waals surface area contributed by atoms with E-state index in [1.807, 2.05) is 25.1 Å². The van der Waals surface area contributed by atoms with E-state index in [4.69, 9.17) is 15.3 Å². The maximum atomic E-state index is 5.40. The van der Waals surface area contributed by atoms with Crippen LogP contribution in [-0.2, 0) is 0 Å². The highest BCUT2D eigenvalue weighted by Gasteiger charge is 2.13. The van der Waals surface area contributed by atoms with Gasteiger partial charge in [0.15, 0.2) is 11.6 Å². The van der Waals surface area contributed by atoms with Gasteiger partial charge in [-0.2, -0.15) is 0 Å². The lowest BCUT2D eigenvalue weighted by atomic mass is 10.2. The zero-order chi connectivity index (χ0) is 14.5. The van der Waals surface area contributed by atoms with E-state index in [2.05, 4.69) is 20.7 Å². The van der Waals surface area contributed by atoms with Crippen molar-refractivity contribution in [2.45, 2.75) is 6.92 Å². The van der Waals surface area contributed by atoms with Gasteiger partial charge in [0.25, 0.3) is 0 Å². The summed E-state index contributed by atoms with van der Waals surface area (Å²) in [5.41, 5.74) is 4.35. The standard InChI is InChI=1S/C13H17N5O2/c1-8-4-5-10(19-2)9(6-8)17-12-11(20-3)13(18-14)16-7-15-12/h4-7H,14H2,1-3H3,(H2,15,16,17,18). The van der Waals surface area contributed by atoms with E-state index >= 15 is 0 Å². The Morgan fingerprint density at radius 3 is 2.50 bits per heavy atom. The molecule has 1 aromatic heterocycles. The quantitative estimate of drug-likeness (QED) is 0.566. The van der Waals surface area contributed by atoms with Crippen LogP contribution in [-0.4, -0.2) is 24.2 Å². The molecule has 4 N–H and O–H groups in total. The summed E-state index contributed by atoms with van der Waals surface area (Å²) in [5, 5.41) is 3.16. The Bertz CT molecular complexity index is 603. The molecule has 0 saturated carbocycles. The van der Waals surface area contributed by atoms with Gasteiger partial charge in [0.1, 0.15) is 12.1 Å². The molecule has 0 amide bonds. The van der Waals surface area contributed by atoms with Gasteiger partial charge < -0.3 is 20.2 Å². The fourth-order valence-electron chi connectivity index (χ4n) is 1.81. The van der Waals surface area contributed by atoms with Crippen LogP contribution in [0.3, 0.4) is 0 Å². The Morgan fingerprint density at radius 1 is 1.10 bits per heavy atom. The molecule has 106 valence electrons. The number of nitrogens with one attached hydrogen (secondary N) is 2. The number of aryl methyl sites for hydroxylation is 1. The number of anilines is 3. The number of benzene rings is 1. The highest BCUT2D eigenvalue weighted by atomic mass is 16.5. The van der Waals surface area contributed by atoms with Gasteiger partial charge in [0.05, 0.1) is 19.9 Å². The molecule has 0 saturated heterocycles. The summed E-state index contributed by atoms with van der Waals surface area (Å²) in [4.78, 5) is 8.15. The molecule has 0 spiro atoms. The average molecular weight is 275 g/mol. The highest BCUT2D eigenvalue weighted by Crippen LogP contribution is 2.34.